The molecule has 4 nitrogen and oxygen atoms in total. The van der Waals surface area contributed by atoms with E-state index in [1.807, 2.05) is 44.4 Å². The van der Waals surface area contributed by atoms with Gasteiger partial charge in [0.2, 0.25) is 0 Å². The van der Waals surface area contributed by atoms with E-state index >= 15 is 0 Å². The highest BCUT2D eigenvalue weighted by Crippen LogP contribution is 2.18. The molecule has 2 aromatic rings. The minimum Gasteiger partial charge on any atom is -0.461 e. The minimum absolute atomic E-state index is 0.301. The van der Waals surface area contributed by atoms with Crippen molar-refractivity contribution in [2.45, 2.75) is 34.1 Å². The van der Waals surface area contributed by atoms with Crippen LogP contribution in [0.4, 0.5) is 0 Å². The second-order valence-electron chi connectivity index (χ2n) is 4.35. The average molecular weight is 246 g/mol. The zero-order valence-electron chi connectivity index (χ0n) is 11.3. The number of fused-ring (bicyclic) bond motifs is 1. The zero-order valence-corrected chi connectivity index (χ0v) is 11.3. The van der Waals surface area contributed by atoms with Gasteiger partial charge >= 0.3 is 5.97 Å². The van der Waals surface area contributed by atoms with E-state index in [0.717, 1.165) is 16.9 Å². The van der Waals surface area contributed by atoms with Gasteiger partial charge in [-0.05, 0) is 44.4 Å². The first-order chi connectivity index (χ1) is 8.58. The molecule has 18 heavy (non-hydrogen) atoms. The van der Waals surface area contributed by atoms with Crippen LogP contribution in [-0.4, -0.2) is 22.0 Å². The topological polar surface area (TPSA) is 43.6 Å². The fourth-order valence-electron chi connectivity index (χ4n) is 2.00. The number of carbonyl (C=O) groups is 1. The number of hydrogen-bond donors (Lipinski definition) is 0. The molecule has 0 saturated carbocycles. The summed E-state index contributed by atoms with van der Waals surface area (Å²) in [5, 5.41) is 0. The number of ether oxygens (including phenoxy) is 1. The lowest BCUT2D eigenvalue weighted by molar-refractivity contribution is 0.0517. The zero-order chi connectivity index (χ0) is 13.3. The van der Waals surface area contributed by atoms with Gasteiger partial charge in [-0.15, -0.1) is 0 Å². The molecule has 0 saturated heterocycles. The fraction of sp³-hybridized carbons (Fsp3) is 0.429. The predicted molar refractivity (Wildman–Crippen MR) is 70.0 cm³/mol. The monoisotopic (exact) mass is 246 g/mol. The number of aromatic nitrogens is 2. The Kier molecular flexibility index (Phi) is 3.36. The summed E-state index contributed by atoms with van der Waals surface area (Å²) in [7, 11) is 0. The molecule has 0 aliphatic carbocycles. The van der Waals surface area contributed by atoms with E-state index in [1.165, 1.54) is 5.56 Å². The molecule has 96 valence electrons. The van der Waals surface area contributed by atoms with Crippen LogP contribution in [0.5, 0.6) is 0 Å². The van der Waals surface area contributed by atoms with Crippen molar-refractivity contribution in [3.05, 3.63) is 34.8 Å². The Labute approximate surface area is 107 Å². The summed E-state index contributed by atoms with van der Waals surface area (Å²) < 4.78 is 6.94. The maximum atomic E-state index is 12.0. The Balaban J connectivity index is 2.68. The highest BCUT2D eigenvalue weighted by Gasteiger charge is 2.19. The molecule has 0 fully saturated rings. The molecule has 0 atom stereocenters. The second kappa shape index (κ2) is 4.80. The summed E-state index contributed by atoms with van der Waals surface area (Å²) in [6, 6.07) is 2.00. The van der Waals surface area contributed by atoms with E-state index in [9.17, 15) is 4.79 Å². The summed E-state index contributed by atoms with van der Waals surface area (Å²) in [6.07, 6.45) is 2.66. The van der Waals surface area contributed by atoms with Crippen molar-refractivity contribution < 1.29 is 9.53 Å². The van der Waals surface area contributed by atoms with Crippen molar-refractivity contribution >= 4 is 11.6 Å². The normalized spacial score (nSPS) is 10.9. The molecule has 2 aromatic heterocycles. The third kappa shape index (κ3) is 1.98. The van der Waals surface area contributed by atoms with Gasteiger partial charge < -0.3 is 4.74 Å². The second-order valence-corrected chi connectivity index (χ2v) is 4.35. The van der Waals surface area contributed by atoms with Crippen LogP contribution in [0.15, 0.2) is 12.3 Å². The van der Waals surface area contributed by atoms with Gasteiger partial charge in [-0.25, -0.2) is 9.78 Å². The van der Waals surface area contributed by atoms with E-state index in [0.29, 0.717) is 18.7 Å². The SMILES string of the molecule is CCOC(=O)c1c(CC)nc2cc(C)c(C)cn12. The van der Waals surface area contributed by atoms with Crippen LogP contribution in [0.2, 0.25) is 0 Å². The molecule has 0 aliphatic heterocycles. The van der Waals surface area contributed by atoms with Crippen molar-refractivity contribution in [2.75, 3.05) is 6.61 Å². The summed E-state index contributed by atoms with van der Waals surface area (Å²) >= 11 is 0. The van der Waals surface area contributed by atoms with Crippen LogP contribution < -0.4 is 0 Å². The molecular formula is C14H18N2O2. The largest absolute Gasteiger partial charge is 0.461 e. The Morgan fingerprint density at radius 2 is 2.06 bits per heavy atom. The van der Waals surface area contributed by atoms with Crippen LogP contribution >= 0.6 is 0 Å². The lowest BCUT2D eigenvalue weighted by Crippen LogP contribution is -2.10. The number of aryl methyl sites for hydroxylation is 3. The van der Waals surface area contributed by atoms with Crippen molar-refractivity contribution in [3.8, 4) is 0 Å². The Morgan fingerprint density at radius 3 is 2.67 bits per heavy atom. The standard InChI is InChI=1S/C14H18N2O2/c1-5-11-13(14(17)18-6-2)16-8-10(4)9(3)7-12(16)15-11/h7-8H,5-6H2,1-4H3. The van der Waals surface area contributed by atoms with Gasteiger partial charge in [-0.3, -0.25) is 4.40 Å². The van der Waals surface area contributed by atoms with E-state index in [-0.39, 0.29) is 5.97 Å². The number of pyridine rings is 1. The minimum atomic E-state index is -0.301. The number of nitrogens with zero attached hydrogens (tertiary/aromatic N) is 2. The Hall–Kier alpha value is -1.84. The first kappa shape index (κ1) is 12.6. The van der Waals surface area contributed by atoms with E-state index in [4.69, 9.17) is 4.74 Å². The third-order valence-electron chi connectivity index (χ3n) is 3.10. The first-order valence-electron chi connectivity index (χ1n) is 6.23. The molecule has 2 heterocycles. The Bertz CT molecular complexity index is 599. The van der Waals surface area contributed by atoms with Gasteiger partial charge in [0.1, 0.15) is 5.65 Å². The lowest BCUT2D eigenvalue weighted by Gasteiger charge is -2.05. The summed E-state index contributed by atoms with van der Waals surface area (Å²) in [5.41, 5.74) is 4.45. The number of hydrogen-bond acceptors (Lipinski definition) is 3. The molecule has 0 aromatic carbocycles. The van der Waals surface area contributed by atoms with Crippen molar-refractivity contribution in [1.82, 2.24) is 9.38 Å². The van der Waals surface area contributed by atoms with Crippen molar-refractivity contribution in [3.63, 3.8) is 0 Å². The molecule has 0 amide bonds. The number of carbonyl (C=O) groups excluding carboxylic acids is 1. The van der Waals surface area contributed by atoms with Gasteiger partial charge in [0.15, 0.2) is 5.69 Å². The van der Waals surface area contributed by atoms with E-state index in [1.54, 1.807) is 0 Å². The molecule has 0 spiro atoms. The van der Waals surface area contributed by atoms with Crippen LogP contribution in [0.3, 0.4) is 0 Å². The highest BCUT2D eigenvalue weighted by atomic mass is 16.5. The molecule has 0 radical (unpaired) electrons. The summed E-state index contributed by atoms with van der Waals surface area (Å²) in [5.74, 6) is -0.301. The van der Waals surface area contributed by atoms with Gasteiger partial charge in [0.25, 0.3) is 0 Å². The van der Waals surface area contributed by atoms with Crippen LogP contribution in [-0.2, 0) is 11.2 Å². The molecule has 2 rings (SSSR count). The number of rotatable bonds is 3. The predicted octanol–water partition coefficient (Wildman–Crippen LogP) is 2.69. The first-order valence-corrected chi connectivity index (χ1v) is 6.23. The van der Waals surface area contributed by atoms with Crippen LogP contribution in [0.1, 0.15) is 41.2 Å². The molecule has 0 N–H and O–H groups in total. The van der Waals surface area contributed by atoms with Crippen LogP contribution in [0, 0.1) is 13.8 Å². The van der Waals surface area contributed by atoms with Gasteiger partial charge in [0, 0.05) is 6.20 Å². The summed E-state index contributed by atoms with van der Waals surface area (Å²) in [6.45, 7) is 8.24. The van der Waals surface area contributed by atoms with Gasteiger partial charge in [0.05, 0.1) is 12.3 Å². The molecule has 0 aliphatic rings. The highest BCUT2D eigenvalue weighted by molar-refractivity contribution is 5.90. The molecular weight excluding hydrogens is 228 g/mol. The summed E-state index contributed by atoms with van der Waals surface area (Å²) in [4.78, 5) is 16.5. The fourth-order valence-corrected chi connectivity index (χ4v) is 2.00. The quantitative estimate of drug-likeness (QED) is 0.782. The van der Waals surface area contributed by atoms with E-state index < -0.39 is 0 Å². The molecule has 0 bridgehead atoms. The molecule has 0 unspecified atom stereocenters. The number of esters is 1. The smallest absolute Gasteiger partial charge is 0.357 e. The van der Waals surface area contributed by atoms with E-state index in [2.05, 4.69) is 4.98 Å². The number of imidazole rings is 1. The van der Waals surface area contributed by atoms with Crippen molar-refractivity contribution in [1.29, 1.82) is 0 Å². The maximum Gasteiger partial charge on any atom is 0.357 e. The van der Waals surface area contributed by atoms with Crippen LogP contribution in [0.25, 0.3) is 5.65 Å². The maximum absolute atomic E-state index is 12.0. The van der Waals surface area contributed by atoms with Gasteiger partial charge in [-0.2, -0.15) is 0 Å². The van der Waals surface area contributed by atoms with Crippen molar-refractivity contribution in [2.24, 2.45) is 0 Å². The third-order valence-corrected chi connectivity index (χ3v) is 3.10. The molecule has 4 heteroatoms. The lowest BCUT2D eigenvalue weighted by atomic mass is 10.2. The average Bonchev–Trinajstić information content (AvgIpc) is 2.68. The Morgan fingerprint density at radius 1 is 1.33 bits per heavy atom. The van der Waals surface area contributed by atoms with Gasteiger partial charge in [-0.1, -0.05) is 6.92 Å².